The van der Waals surface area contributed by atoms with Gasteiger partial charge < -0.3 is 39.8 Å². The number of nitrogens with zero attached hydrogens (tertiary/aromatic N) is 1. The second-order valence-corrected chi connectivity index (χ2v) is 27.2. The van der Waals surface area contributed by atoms with Gasteiger partial charge in [0.15, 0.2) is 0 Å². The standard InChI is InChI=1S/C21H18N2O4.C15H14O.C15H12O.C14H13NO.C14H12.C13H11N.CH4.B.2Na.2H/c24-12-18-15-4-2-1-3-14(15)16-6-5-13(11-17(16)18)22-19(25)9-10-23-20(26)7-8-21(23)27;2*1-10-6-7-13-11-4-2-3-5-12(11)15(9-16)14(13)8-10;15-9-5-6-12-10-3-1-2-4-11(10)14(8-16)13(12)7-9;1-10-6-7-14-12(8-10)9-11-4-2-3-5-13(11)14;14-11-5-6-13-10(8-11)7-9-3-1-2-4-12(9)13;;;;;;/h1-8,11,18,24H,9-10,12H2,(H,22,25);2-8,15-16H,9H2,1H3;2-9,15H,1H3;1-7,14,16H,8,15H2;2-8H,9H2,1H3;1-6,8H,7,14H2;1H4;;;;;/q;;;;;;;;2*+1;2*-1. The number of aryl methyl sites for hydroxylation is 3. The van der Waals surface area contributed by atoms with Crippen LogP contribution in [0.15, 0.2) is 267 Å². The average molecular weight is 1430 g/mol. The molecule has 0 bridgehead atoms. The fourth-order valence-corrected chi connectivity index (χ4v) is 15.8. The number of benzene rings is 12. The minimum Gasteiger partial charge on any atom is -1.00 e. The van der Waals surface area contributed by atoms with E-state index in [9.17, 15) is 34.5 Å². The van der Waals surface area contributed by atoms with Crippen molar-refractivity contribution in [2.75, 3.05) is 43.1 Å². The number of nitrogens with two attached hydrogens (primary N) is 2. The number of rotatable bonds is 8. The third kappa shape index (κ3) is 16.4. The first-order valence-electron chi connectivity index (χ1n) is 35.1. The summed E-state index contributed by atoms with van der Waals surface area (Å²) < 4.78 is 0. The largest absolute Gasteiger partial charge is 1.00 e. The topological polar surface area (TPSA) is 196 Å². The van der Waals surface area contributed by atoms with Gasteiger partial charge in [-0.05, 0) is 204 Å². The molecule has 4 unspecified atom stereocenters. The first-order valence-corrected chi connectivity index (χ1v) is 35.1. The smallest absolute Gasteiger partial charge is 1.00 e. The van der Waals surface area contributed by atoms with Crippen LogP contribution in [0.3, 0.4) is 0 Å². The molecule has 14 heteroatoms. The second kappa shape index (κ2) is 35.3. The van der Waals surface area contributed by atoms with E-state index in [1.165, 1.54) is 123 Å². The molecule has 19 rings (SSSR count). The van der Waals surface area contributed by atoms with Crippen molar-refractivity contribution in [3.63, 3.8) is 0 Å². The number of aliphatic hydroxyl groups is 3. The molecule has 12 aromatic carbocycles. The molecule has 3 amide bonds. The Bertz CT molecular complexity index is 5140. The van der Waals surface area contributed by atoms with Gasteiger partial charge >= 0.3 is 59.1 Å². The zero-order valence-electron chi connectivity index (χ0n) is 62.4. The molecule has 0 spiro atoms. The van der Waals surface area contributed by atoms with Crippen molar-refractivity contribution < 1.29 is 96.5 Å². The van der Waals surface area contributed by atoms with Gasteiger partial charge in [0.2, 0.25) is 5.91 Å². The van der Waals surface area contributed by atoms with E-state index >= 15 is 0 Å². The number of aliphatic hydroxyl groups excluding tert-OH is 3. The molecule has 525 valence electrons. The van der Waals surface area contributed by atoms with Crippen LogP contribution in [0.2, 0.25) is 0 Å². The first kappa shape index (κ1) is 79.8. The molecule has 4 atom stereocenters. The summed E-state index contributed by atoms with van der Waals surface area (Å²) in [6.45, 7) is 6.67. The van der Waals surface area contributed by atoms with Gasteiger partial charge in [-0.25, -0.2) is 0 Å². The SMILES string of the molecule is C.Cc1ccc2c(c1)C(C=O)c1ccccc1-2.Cc1ccc2c(c1)C(CO)c1ccccc1-2.Cc1ccc2c(c1)Cc1ccccc1-2.Nc1ccc2c(c1)C(CO)c1ccccc1-2.Nc1ccc2c(c1)Cc1ccccc1-2.O=C(CCN1C(=O)C=CC1=O)Nc1ccc2c(c1)C(CO)c1ccccc1-2.[B].[H-].[H-].[Na+].[Na+]. The third-order valence-corrected chi connectivity index (χ3v) is 20.7. The van der Waals surface area contributed by atoms with E-state index in [1.807, 2.05) is 103 Å². The molecule has 0 aromatic heterocycles. The summed E-state index contributed by atoms with van der Waals surface area (Å²) in [6.07, 6.45) is 5.61. The summed E-state index contributed by atoms with van der Waals surface area (Å²) in [7, 11) is 0. The van der Waals surface area contributed by atoms with Crippen molar-refractivity contribution in [1.29, 1.82) is 0 Å². The third-order valence-electron chi connectivity index (χ3n) is 20.7. The maximum atomic E-state index is 12.2. The van der Waals surface area contributed by atoms with Crippen LogP contribution in [0.4, 0.5) is 17.1 Å². The number of amides is 3. The molecule has 3 radical (unpaired) electrons. The number of carbonyl (C=O) groups excluding carboxylic acids is 4. The Labute approximate surface area is 676 Å². The van der Waals surface area contributed by atoms with Crippen LogP contribution in [0.1, 0.15) is 124 Å². The molecular weight excluding hydrogens is 1340 g/mol. The van der Waals surface area contributed by atoms with E-state index in [4.69, 9.17) is 11.5 Å². The summed E-state index contributed by atoms with van der Waals surface area (Å²) in [6, 6.07) is 87.2. The van der Waals surface area contributed by atoms with Gasteiger partial charge in [-0.2, -0.15) is 0 Å². The van der Waals surface area contributed by atoms with Crippen LogP contribution >= 0.6 is 0 Å². The van der Waals surface area contributed by atoms with E-state index in [1.54, 1.807) is 0 Å². The zero-order valence-corrected chi connectivity index (χ0v) is 64.4. The summed E-state index contributed by atoms with van der Waals surface area (Å²) in [5, 5.41) is 31.7. The molecule has 0 fully saturated rings. The monoisotopic (exact) mass is 1430 g/mol. The number of aldehydes is 1. The minimum absolute atomic E-state index is 0. The van der Waals surface area contributed by atoms with Gasteiger partial charge in [-0.15, -0.1) is 0 Å². The summed E-state index contributed by atoms with van der Waals surface area (Å²) >= 11 is 0. The quantitative estimate of drug-likeness (QED) is 0.0371. The number of hydrogen-bond acceptors (Lipinski definition) is 9. The Kier molecular flexibility index (Phi) is 26.3. The van der Waals surface area contributed by atoms with Crippen molar-refractivity contribution in [1.82, 2.24) is 4.90 Å². The predicted octanol–water partition coefficient (Wildman–Crippen LogP) is 11.7. The fourth-order valence-electron chi connectivity index (χ4n) is 15.8. The van der Waals surface area contributed by atoms with E-state index in [0.29, 0.717) is 5.69 Å². The summed E-state index contributed by atoms with van der Waals surface area (Å²) in [4.78, 5) is 47.6. The molecule has 11 nitrogen and oxygen atoms in total. The Morgan fingerprint density at radius 2 is 0.748 bits per heavy atom. The van der Waals surface area contributed by atoms with Crippen LogP contribution < -0.4 is 75.9 Å². The average Bonchev–Trinajstić information content (AvgIpc) is 1.61. The molecule has 7 aliphatic rings. The van der Waals surface area contributed by atoms with E-state index in [2.05, 4.69) is 178 Å². The van der Waals surface area contributed by atoms with Crippen LogP contribution in [0.25, 0.3) is 66.8 Å². The van der Waals surface area contributed by atoms with Crippen LogP contribution in [-0.4, -0.2) is 79.0 Å². The van der Waals surface area contributed by atoms with Crippen molar-refractivity contribution in [2.24, 2.45) is 0 Å². The normalized spacial score (nSPS) is 15.1. The fraction of sp³-hybridized carbons (Fsp3) is 0.161. The first-order chi connectivity index (χ1) is 50.2. The van der Waals surface area contributed by atoms with Gasteiger partial charge in [0.1, 0.15) is 6.29 Å². The Morgan fingerprint density at radius 1 is 0.411 bits per heavy atom. The van der Waals surface area contributed by atoms with Gasteiger partial charge in [-0.1, -0.05) is 243 Å². The number of imide groups is 1. The molecule has 1 heterocycles. The zero-order chi connectivity index (χ0) is 71.4. The number of nitrogen functional groups attached to an aromatic ring is 2. The summed E-state index contributed by atoms with van der Waals surface area (Å²) in [5.74, 6) is -1.02. The van der Waals surface area contributed by atoms with Gasteiger partial charge in [0.05, 0.1) is 25.7 Å². The molecule has 0 saturated heterocycles. The van der Waals surface area contributed by atoms with Gasteiger partial charge in [0, 0.05) is 68.3 Å². The number of carbonyl (C=O) groups is 4. The van der Waals surface area contributed by atoms with E-state index in [0.717, 1.165) is 74.3 Å². The van der Waals surface area contributed by atoms with Crippen LogP contribution in [-0.2, 0) is 32.0 Å². The molecule has 0 saturated carbocycles. The second-order valence-electron chi connectivity index (χ2n) is 27.2. The Morgan fingerprint density at radius 3 is 1.23 bits per heavy atom. The number of fused-ring (bicyclic) bond motifs is 18. The molecular formula is C93H86BN4Na2O7. The molecule has 12 aromatic rings. The molecule has 107 heavy (non-hydrogen) atoms. The minimum atomic E-state index is -0.395. The van der Waals surface area contributed by atoms with E-state index in [-0.39, 0.29) is 140 Å². The van der Waals surface area contributed by atoms with Crippen molar-refractivity contribution >= 4 is 49.5 Å². The number of nitrogens with one attached hydrogen (secondary N) is 1. The number of anilines is 3. The maximum Gasteiger partial charge on any atom is 1.00 e. The molecule has 1 aliphatic heterocycles. The maximum absolute atomic E-state index is 12.2. The Balaban J connectivity index is 0.000000165. The van der Waals surface area contributed by atoms with E-state index < -0.39 is 11.8 Å². The van der Waals surface area contributed by atoms with Gasteiger partial charge in [-0.3, -0.25) is 19.3 Å². The van der Waals surface area contributed by atoms with Crippen molar-refractivity contribution in [3.8, 4) is 66.8 Å². The van der Waals surface area contributed by atoms with Crippen LogP contribution in [0, 0.1) is 20.8 Å². The van der Waals surface area contributed by atoms with Crippen LogP contribution in [0.5, 0.6) is 0 Å². The van der Waals surface area contributed by atoms with Crippen molar-refractivity contribution in [3.05, 3.63) is 350 Å². The Hall–Kier alpha value is -9.80. The summed E-state index contributed by atoms with van der Waals surface area (Å²) in [5.41, 5.74) is 47.6. The predicted molar refractivity (Wildman–Crippen MR) is 428 cm³/mol. The molecule has 8 N–H and O–H groups in total. The molecule has 6 aliphatic carbocycles. The van der Waals surface area contributed by atoms with Gasteiger partial charge in [0.25, 0.3) is 11.8 Å². The van der Waals surface area contributed by atoms with Crippen molar-refractivity contribution in [2.45, 2.75) is 71.1 Å². The number of hydrogen-bond donors (Lipinski definition) is 6.